The third-order valence-electron chi connectivity index (χ3n) is 5.57. The molecule has 7 heteroatoms. The number of amides is 2. The number of hydrogen-bond acceptors (Lipinski definition) is 5. The number of fused-ring (bicyclic) bond motifs is 1. The number of ether oxygens (including phenoxy) is 2. The average molecular weight is 453 g/mol. The largest absolute Gasteiger partial charge is 0.485 e. The van der Waals surface area contributed by atoms with Gasteiger partial charge in [0.2, 0.25) is 5.91 Å². The Bertz CT molecular complexity index is 988. The molecule has 0 spiro atoms. The number of hydrogen-bond donors (Lipinski definition) is 1. The van der Waals surface area contributed by atoms with Gasteiger partial charge >= 0.3 is 0 Å². The quantitative estimate of drug-likeness (QED) is 0.390. The number of nitrogens with one attached hydrogen (secondary N) is 1. The Labute approximate surface area is 195 Å². The minimum atomic E-state index is -0.188. The van der Waals surface area contributed by atoms with Gasteiger partial charge in [-0.1, -0.05) is 38.5 Å². The summed E-state index contributed by atoms with van der Waals surface area (Å²) in [6.07, 6.45) is 3.65. The maximum atomic E-state index is 12.8. The van der Waals surface area contributed by atoms with Gasteiger partial charge in [-0.3, -0.25) is 14.4 Å². The van der Waals surface area contributed by atoms with Crippen molar-refractivity contribution in [3.63, 3.8) is 0 Å². The first-order valence-corrected chi connectivity index (χ1v) is 11.6. The molecule has 7 nitrogen and oxygen atoms in total. The SMILES string of the molecule is CCCCNC(=O)CCCN1C(=O)COc2ccc(C(=O)COc3ccccc3CC)cc21. The molecule has 1 aliphatic heterocycles. The highest BCUT2D eigenvalue weighted by Crippen LogP contribution is 2.33. The van der Waals surface area contributed by atoms with E-state index in [1.54, 1.807) is 23.1 Å². The summed E-state index contributed by atoms with van der Waals surface area (Å²) in [5, 5.41) is 2.89. The van der Waals surface area contributed by atoms with Crippen molar-refractivity contribution in [1.82, 2.24) is 5.32 Å². The lowest BCUT2D eigenvalue weighted by atomic mass is 10.1. The third kappa shape index (κ3) is 6.57. The molecule has 0 fully saturated rings. The number of unbranched alkanes of at least 4 members (excludes halogenated alkanes) is 1. The van der Waals surface area contributed by atoms with Crippen LogP contribution in [0, 0.1) is 0 Å². The van der Waals surface area contributed by atoms with E-state index in [9.17, 15) is 14.4 Å². The van der Waals surface area contributed by atoms with E-state index >= 15 is 0 Å². The first kappa shape index (κ1) is 24.3. The van der Waals surface area contributed by atoms with Gasteiger partial charge in [-0.05, 0) is 49.1 Å². The Morgan fingerprint density at radius 2 is 1.94 bits per heavy atom. The van der Waals surface area contributed by atoms with Crippen LogP contribution < -0.4 is 19.7 Å². The molecule has 1 aliphatic rings. The van der Waals surface area contributed by atoms with Gasteiger partial charge in [0.25, 0.3) is 5.91 Å². The summed E-state index contributed by atoms with van der Waals surface area (Å²) in [7, 11) is 0. The van der Waals surface area contributed by atoms with Crippen LogP contribution >= 0.6 is 0 Å². The molecule has 3 rings (SSSR count). The molecule has 2 amide bonds. The number of rotatable bonds is 12. The summed E-state index contributed by atoms with van der Waals surface area (Å²) in [5.74, 6) is 0.862. The van der Waals surface area contributed by atoms with Crippen molar-refractivity contribution in [2.45, 2.75) is 46.0 Å². The maximum absolute atomic E-state index is 12.8. The first-order chi connectivity index (χ1) is 16.0. The molecule has 0 bridgehead atoms. The summed E-state index contributed by atoms with van der Waals surface area (Å²) in [5.41, 5.74) is 2.04. The van der Waals surface area contributed by atoms with Gasteiger partial charge in [-0.2, -0.15) is 0 Å². The van der Waals surface area contributed by atoms with Gasteiger partial charge in [0.15, 0.2) is 19.0 Å². The predicted molar refractivity (Wildman–Crippen MR) is 127 cm³/mol. The molecular weight excluding hydrogens is 420 g/mol. The summed E-state index contributed by atoms with van der Waals surface area (Å²) in [6.45, 7) is 5.01. The zero-order valence-electron chi connectivity index (χ0n) is 19.4. The smallest absolute Gasteiger partial charge is 0.265 e. The van der Waals surface area contributed by atoms with Crippen LogP contribution in [0.25, 0.3) is 0 Å². The van der Waals surface area contributed by atoms with Crippen LogP contribution in [0.5, 0.6) is 11.5 Å². The van der Waals surface area contributed by atoms with Crippen molar-refractivity contribution in [3.8, 4) is 11.5 Å². The van der Waals surface area contributed by atoms with E-state index in [2.05, 4.69) is 12.2 Å². The number of nitrogens with zero attached hydrogens (tertiary/aromatic N) is 1. The monoisotopic (exact) mass is 452 g/mol. The molecule has 33 heavy (non-hydrogen) atoms. The van der Waals surface area contributed by atoms with Crippen LogP contribution in [0.3, 0.4) is 0 Å². The topological polar surface area (TPSA) is 84.9 Å². The van der Waals surface area contributed by atoms with E-state index in [0.29, 0.717) is 48.7 Å². The van der Waals surface area contributed by atoms with Gasteiger partial charge < -0.3 is 19.7 Å². The fourth-order valence-electron chi connectivity index (χ4n) is 3.67. The summed E-state index contributed by atoms with van der Waals surface area (Å²) in [4.78, 5) is 38.9. The standard InChI is InChI=1S/C26H32N2O5/c1-3-5-14-27-25(30)11-8-15-28-21-16-20(12-13-24(21)33-18-26(28)31)22(29)17-32-23-10-7-6-9-19(23)4-2/h6-7,9-10,12-13,16H,3-5,8,11,14-15,17-18H2,1-2H3,(H,27,30). The number of para-hydroxylation sites is 1. The molecule has 1 heterocycles. The van der Waals surface area contributed by atoms with E-state index in [4.69, 9.17) is 9.47 Å². The number of aryl methyl sites for hydroxylation is 1. The van der Waals surface area contributed by atoms with E-state index in [1.165, 1.54) is 0 Å². The Morgan fingerprint density at radius 1 is 1.12 bits per heavy atom. The van der Waals surface area contributed by atoms with E-state index in [1.807, 2.05) is 31.2 Å². The second-order valence-electron chi connectivity index (χ2n) is 8.00. The molecule has 0 aliphatic carbocycles. The molecule has 0 saturated carbocycles. The van der Waals surface area contributed by atoms with Crippen LogP contribution in [-0.4, -0.2) is 43.9 Å². The van der Waals surface area contributed by atoms with E-state index in [0.717, 1.165) is 24.8 Å². The molecule has 0 atom stereocenters. The van der Waals surface area contributed by atoms with Crippen LogP contribution in [0.2, 0.25) is 0 Å². The Kier molecular flexibility index (Phi) is 8.87. The van der Waals surface area contributed by atoms with E-state index in [-0.39, 0.29) is 30.8 Å². The second-order valence-corrected chi connectivity index (χ2v) is 8.00. The third-order valence-corrected chi connectivity index (χ3v) is 5.57. The van der Waals surface area contributed by atoms with Gasteiger partial charge in [-0.15, -0.1) is 0 Å². The lowest BCUT2D eigenvalue weighted by Crippen LogP contribution is -2.40. The van der Waals surface area contributed by atoms with Gasteiger partial charge in [0, 0.05) is 25.1 Å². The second kappa shape index (κ2) is 12.0. The average Bonchev–Trinajstić information content (AvgIpc) is 2.83. The molecule has 176 valence electrons. The first-order valence-electron chi connectivity index (χ1n) is 11.6. The lowest BCUT2D eigenvalue weighted by molar-refractivity contribution is -0.122. The summed E-state index contributed by atoms with van der Waals surface area (Å²) >= 11 is 0. The molecule has 1 N–H and O–H groups in total. The fourth-order valence-corrected chi connectivity index (χ4v) is 3.67. The minimum Gasteiger partial charge on any atom is -0.485 e. The molecule has 0 radical (unpaired) electrons. The molecule has 0 saturated heterocycles. The van der Waals surface area contributed by atoms with Crippen molar-refractivity contribution in [2.24, 2.45) is 0 Å². The Morgan fingerprint density at radius 3 is 2.73 bits per heavy atom. The molecule has 2 aromatic rings. The number of benzene rings is 2. The highest BCUT2D eigenvalue weighted by molar-refractivity contribution is 6.02. The number of carbonyl (C=O) groups excluding carboxylic acids is 3. The summed E-state index contributed by atoms with van der Waals surface area (Å²) in [6, 6.07) is 12.7. The van der Waals surface area contributed by atoms with E-state index < -0.39 is 0 Å². The number of ketones is 1. The van der Waals surface area contributed by atoms with Crippen LogP contribution in [0.4, 0.5) is 5.69 Å². The highest BCUT2D eigenvalue weighted by atomic mass is 16.5. The maximum Gasteiger partial charge on any atom is 0.265 e. The zero-order chi connectivity index (χ0) is 23.6. The fraction of sp³-hybridized carbons (Fsp3) is 0.423. The van der Waals surface area contributed by atoms with Crippen molar-refractivity contribution >= 4 is 23.3 Å². The van der Waals surface area contributed by atoms with Crippen molar-refractivity contribution < 1.29 is 23.9 Å². The normalized spacial score (nSPS) is 12.7. The Hall–Kier alpha value is -3.35. The summed E-state index contributed by atoms with van der Waals surface area (Å²) < 4.78 is 11.3. The van der Waals surface area contributed by atoms with Crippen LogP contribution in [0.15, 0.2) is 42.5 Å². The number of carbonyl (C=O) groups is 3. The number of anilines is 1. The lowest BCUT2D eigenvalue weighted by Gasteiger charge is -2.29. The molecule has 2 aromatic carbocycles. The van der Waals surface area contributed by atoms with Gasteiger partial charge in [0.1, 0.15) is 11.5 Å². The van der Waals surface area contributed by atoms with Crippen molar-refractivity contribution in [2.75, 3.05) is 31.2 Å². The molecule has 0 aromatic heterocycles. The van der Waals surface area contributed by atoms with Crippen LogP contribution in [-0.2, 0) is 16.0 Å². The van der Waals surface area contributed by atoms with Crippen molar-refractivity contribution in [1.29, 1.82) is 0 Å². The Balaban J connectivity index is 1.63. The molecule has 0 unspecified atom stereocenters. The van der Waals surface area contributed by atoms with Crippen LogP contribution in [0.1, 0.15) is 55.5 Å². The van der Waals surface area contributed by atoms with Gasteiger partial charge in [-0.25, -0.2) is 0 Å². The number of Topliss-reactive ketones (excluding diaryl/α,β-unsaturated/α-hetero) is 1. The van der Waals surface area contributed by atoms with Gasteiger partial charge in [0.05, 0.1) is 5.69 Å². The minimum absolute atomic E-state index is 0.0159. The zero-order valence-corrected chi connectivity index (χ0v) is 19.4. The predicted octanol–water partition coefficient (Wildman–Crippen LogP) is 3.93. The highest BCUT2D eigenvalue weighted by Gasteiger charge is 2.26. The molecular formula is C26H32N2O5. The van der Waals surface area contributed by atoms with Crippen molar-refractivity contribution in [3.05, 3.63) is 53.6 Å².